The summed E-state index contributed by atoms with van der Waals surface area (Å²) >= 11 is 0. The van der Waals surface area contributed by atoms with Crippen molar-refractivity contribution in [1.82, 2.24) is 15.3 Å². The van der Waals surface area contributed by atoms with Gasteiger partial charge in [-0.2, -0.15) is 4.98 Å². The molecule has 2 saturated heterocycles. The molecule has 2 aliphatic heterocycles. The number of piperidine rings is 2. The fraction of sp³-hybridized carbons (Fsp3) is 0.524. The van der Waals surface area contributed by atoms with E-state index in [1.807, 2.05) is 0 Å². The van der Waals surface area contributed by atoms with Gasteiger partial charge in [0.25, 0.3) is 0 Å². The molecule has 0 radical (unpaired) electrons. The van der Waals surface area contributed by atoms with E-state index in [0.717, 1.165) is 56.3 Å². The monoisotopic (exact) mass is 349 g/mol. The first-order valence-corrected chi connectivity index (χ1v) is 10.0. The number of nitrogen functional groups attached to an aromatic ring is 1. The molecular formula is C21H27N5. The molecular weight excluding hydrogens is 322 g/mol. The Morgan fingerprint density at radius 2 is 2.00 bits per heavy atom. The molecule has 136 valence electrons. The van der Waals surface area contributed by atoms with Crippen LogP contribution in [-0.2, 0) is 12.8 Å². The highest BCUT2D eigenvalue weighted by molar-refractivity contribution is 5.74. The molecule has 3 N–H and O–H groups in total. The molecule has 1 aromatic heterocycles. The van der Waals surface area contributed by atoms with E-state index in [0.29, 0.717) is 12.0 Å². The Hall–Kier alpha value is -2.14. The molecule has 1 aliphatic carbocycles. The molecule has 3 heterocycles. The summed E-state index contributed by atoms with van der Waals surface area (Å²) in [7, 11) is 0. The smallest absolute Gasteiger partial charge is 0.222 e. The number of nitrogens with two attached hydrogens (primary N) is 1. The predicted octanol–water partition coefficient (Wildman–Crippen LogP) is 2.79. The molecule has 5 heteroatoms. The largest absolute Gasteiger partial charge is 0.368 e. The minimum Gasteiger partial charge on any atom is -0.368 e. The van der Waals surface area contributed by atoms with Gasteiger partial charge in [0.15, 0.2) is 0 Å². The predicted molar refractivity (Wildman–Crippen MR) is 105 cm³/mol. The van der Waals surface area contributed by atoms with Crippen LogP contribution in [0.15, 0.2) is 24.3 Å². The molecule has 26 heavy (non-hydrogen) atoms. The van der Waals surface area contributed by atoms with E-state index < -0.39 is 0 Å². The molecule has 0 spiro atoms. The van der Waals surface area contributed by atoms with Crippen LogP contribution < -0.4 is 16.0 Å². The van der Waals surface area contributed by atoms with Crippen LogP contribution >= 0.6 is 0 Å². The minimum atomic E-state index is 0.404. The first kappa shape index (κ1) is 16.1. The summed E-state index contributed by atoms with van der Waals surface area (Å²) in [6, 6.07) is 9.18. The average molecular weight is 349 g/mol. The van der Waals surface area contributed by atoms with Gasteiger partial charge in [0.1, 0.15) is 5.82 Å². The highest BCUT2D eigenvalue weighted by atomic mass is 15.3. The minimum absolute atomic E-state index is 0.404. The fourth-order valence-corrected chi connectivity index (χ4v) is 5.15. The third-order valence-corrected chi connectivity index (χ3v) is 6.38. The second kappa shape index (κ2) is 6.54. The number of nitrogens with zero attached hydrogens (tertiary/aromatic N) is 3. The van der Waals surface area contributed by atoms with Crippen molar-refractivity contribution in [2.75, 3.05) is 30.3 Å². The molecule has 2 aromatic rings. The highest BCUT2D eigenvalue weighted by Gasteiger charge is 2.36. The van der Waals surface area contributed by atoms with Gasteiger partial charge in [-0.1, -0.05) is 24.3 Å². The molecule has 2 atom stereocenters. The van der Waals surface area contributed by atoms with E-state index in [2.05, 4.69) is 34.5 Å². The third-order valence-electron chi connectivity index (χ3n) is 6.38. The number of fused-ring (bicyclic) bond motifs is 4. The van der Waals surface area contributed by atoms with Crippen molar-refractivity contribution in [3.05, 3.63) is 35.4 Å². The quantitative estimate of drug-likeness (QED) is 0.829. The number of benzene rings is 1. The molecule has 2 fully saturated rings. The van der Waals surface area contributed by atoms with E-state index in [1.165, 1.54) is 36.0 Å². The van der Waals surface area contributed by atoms with Crippen LogP contribution in [0, 0.1) is 5.92 Å². The van der Waals surface area contributed by atoms with Gasteiger partial charge in [0.05, 0.1) is 5.69 Å². The summed E-state index contributed by atoms with van der Waals surface area (Å²) < 4.78 is 0. The van der Waals surface area contributed by atoms with Crippen molar-refractivity contribution in [3.63, 3.8) is 0 Å². The summed E-state index contributed by atoms with van der Waals surface area (Å²) in [4.78, 5) is 12.0. The number of aromatic nitrogens is 2. The summed E-state index contributed by atoms with van der Waals surface area (Å²) in [5.74, 6) is 2.28. The molecule has 3 aliphatic rings. The summed E-state index contributed by atoms with van der Waals surface area (Å²) in [5.41, 5.74) is 11.2. The number of hydrogen-bond acceptors (Lipinski definition) is 5. The lowest BCUT2D eigenvalue weighted by Gasteiger charge is -2.45. The standard InChI is InChI=1S/C21H27N5/c22-21-24-19-16-8-2-1-5-14(16)6-3-9-17(19)20(25-21)26-12-4-7-15-10-11-23-13-18(15)26/h1-2,5,8,15,18,23H,3-4,6-7,9-13H2,(H2,22,24,25)/t15-,18-/m0/s1. The normalized spacial score (nSPS) is 25.0. The maximum absolute atomic E-state index is 6.20. The van der Waals surface area contributed by atoms with Crippen molar-refractivity contribution >= 4 is 11.8 Å². The van der Waals surface area contributed by atoms with Crippen LogP contribution in [-0.4, -0.2) is 35.6 Å². The van der Waals surface area contributed by atoms with Crippen molar-refractivity contribution in [2.45, 2.75) is 44.6 Å². The zero-order chi connectivity index (χ0) is 17.5. The van der Waals surface area contributed by atoms with Gasteiger partial charge in [-0.15, -0.1) is 0 Å². The van der Waals surface area contributed by atoms with Crippen molar-refractivity contribution in [2.24, 2.45) is 5.92 Å². The summed E-state index contributed by atoms with van der Waals surface area (Å²) in [5, 5.41) is 3.59. The zero-order valence-corrected chi connectivity index (χ0v) is 15.2. The van der Waals surface area contributed by atoms with Crippen LogP contribution in [0.1, 0.15) is 36.8 Å². The van der Waals surface area contributed by atoms with Gasteiger partial charge >= 0.3 is 0 Å². The van der Waals surface area contributed by atoms with Crippen LogP contribution in [0.4, 0.5) is 11.8 Å². The number of rotatable bonds is 1. The summed E-state index contributed by atoms with van der Waals surface area (Å²) in [6.07, 6.45) is 7.13. The first-order chi connectivity index (χ1) is 12.8. The van der Waals surface area contributed by atoms with Gasteiger partial charge in [-0.3, -0.25) is 0 Å². The van der Waals surface area contributed by atoms with Crippen LogP contribution in [0.3, 0.4) is 0 Å². The SMILES string of the molecule is Nc1nc2c(c(N3CCC[C@H]4CCNC[C@@H]43)n1)CCCc1ccccc1-2. The Morgan fingerprint density at radius 1 is 1.08 bits per heavy atom. The second-order valence-electron chi connectivity index (χ2n) is 7.90. The molecule has 0 amide bonds. The van der Waals surface area contributed by atoms with Gasteiger partial charge < -0.3 is 16.0 Å². The lowest BCUT2D eigenvalue weighted by Crippen LogP contribution is -2.55. The van der Waals surface area contributed by atoms with Crippen LogP contribution in [0.25, 0.3) is 11.3 Å². The van der Waals surface area contributed by atoms with Gasteiger partial charge in [0.2, 0.25) is 5.95 Å². The van der Waals surface area contributed by atoms with E-state index in [9.17, 15) is 0 Å². The number of nitrogens with one attached hydrogen (secondary N) is 1. The van der Waals surface area contributed by atoms with E-state index in [-0.39, 0.29) is 0 Å². The molecule has 5 nitrogen and oxygen atoms in total. The Labute approximate surface area is 155 Å². The maximum Gasteiger partial charge on any atom is 0.222 e. The number of aryl methyl sites for hydroxylation is 1. The van der Waals surface area contributed by atoms with Crippen LogP contribution in [0.2, 0.25) is 0 Å². The van der Waals surface area contributed by atoms with E-state index in [4.69, 9.17) is 15.7 Å². The van der Waals surface area contributed by atoms with Crippen molar-refractivity contribution < 1.29 is 0 Å². The molecule has 5 rings (SSSR count). The highest BCUT2D eigenvalue weighted by Crippen LogP contribution is 2.39. The van der Waals surface area contributed by atoms with Gasteiger partial charge in [-0.05, 0) is 56.6 Å². The lowest BCUT2D eigenvalue weighted by atomic mass is 9.84. The molecule has 0 unspecified atom stereocenters. The lowest BCUT2D eigenvalue weighted by molar-refractivity contribution is 0.256. The van der Waals surface area contributed by atoms with E-state index in [1.54, 1.807) is 0 Å². The Morgan fingerprint density at radius 3 is 2.96 bits per heavy atom. The zero-order valence-electron chi connectivity index (χ0n) is 15.2. The second-order valence-corrected chi connectivity index (χ2v) is 7.90. The number of hydrogen-bond donors (Lipinski definition) is 2. The third kappa shape index (κ3) is 2.65. The molecule has 0 saturated carbocycles. The molecule has 0 bridgehead atoms. The Kier molecular flexibility index (Phi) is 4.04. The fourth-order valence-electron chi connectivity index (χ4n) is 5.15. The summed E-state index contributed by atoms with van der Waals surface area (Å²) in [6.45, 7) is 3.28. The van der Waals surface area contributed by atoms with Gasteiger partial charge in [-0.25, -0.2) is 4.98 Å². The van der Waals surface area contributed by atoms with Crippen molar-refractivity contribution in [3.8, 4) is 11.3 Å². The molecule has 1 aromatic carbocycles. The van der Waals surface area contributed by atoms with Crippen LogP contribution in [0.5, 0.6) is 0 Å². The number of anilines is 2. The first-order valence-electron chi connectivity index (χ1n) is 10.0. The van der Waals surface area contributed by atoms with Gasteiger partial charge in [0, 0.05) is 30.3 Å². The van der Waals surface area contributed by atoms with Crippen molar-refractivity contribution in [1.29, 1.82) is 0 Å². The maximum atomic E-state index is 6.20. The Bertz CT molecular complexity index is 816. The Balaban J connectivity index is 1.64. The van der Waals surface area contributed by atoms with E-state index >= 15 is 0 Å². The average Bonchev–Trinajstić information content (AvgIpc) is 2.86. The topological polar surface area (TPSA) is 67.1 Å².